The molecule has 0 aliphatic rings. The lowest BCUT2D eigenvalue weighted by Gasteiger charge is -2.09. The lowest BCUT2D eigenvalue weighted by Crippen LogP contribution is -2.23. The molecule has 0 unspecified atom stereocenters. The van der Waals surface area contributed by atoms with Crippen molar-refractivity contribution in [2.24, 2.45) is 7.05 Å². The van der Waals surface area contributed by atoms with E-state index < -0.39 is 26.2 Å². The average Bonchev–Trinajstić information content (AvgIpc) is 3.47. The fraction of sp³-hybridized carbons (Fsp3) is 0.120. The molecule has 5 aromatic rings. The third kappa shape index (κ3) is 4.99. The number of tetrazole rings is 1. The molecule has 5 rings (SSSR count). The minimum Gasteiger partial charge on any atom is -0.283 e. The number of nitrogens with one attached hydrogen (secondary N) is 1. The second-order valence-corrected chi connectivity index (χ2v) is 11.4. The molecule has 0 atom stereocenters. The molecule has 0 fully saturated rings. The molecule has 1 N–H and O–H groups in total. The number of para-hydroxylation sites is 1. The summed E-state index contributed by atoms with van der Waals surface area (Å²) in [7, 11) is -2.74. The Bertz CT molecular complexity index is 1900. The average molecular weight is 579 g/mol. The number of sulfonamides is 1. The number of aryl methyl sites for hydroxylation is 1. The molecule has 0 saturated carbocycles. The van der Waals surface area contributed by atoms with Gasteiger partial charge in [-0.25, -0.2) is 13.1 Å². The second-order valence-electron chi connectivity index (χ2n) is 8.74. The third-order valence-electron chi connectivity index (χ3n) is 6.15. The zero-order valence-corrected chi connectivity index (χ0v) is 23.0. The lowest BCUT2D eigenvalue weighted by molar-refractivity contribution is -0.388. The molecule has 0 aliphatic carbocycles. The molecule has 0 saturated heterocycles. The normalized spacial score (nSPS) is 11.5. The fourth-order valence-electron chi connectivity index (χ4n) is 3.96. The van der Waals surface area contributed by atoms with Crippen LogP contribution in [-0.4, -0.2) is 42.9 Å². The van der Waals surface area contributed by atoms with Crippen LogP contribution < -0.4 is 10.3 Å². The van der Waals surface area contributed by atoms with Crippen molar-refractivity contribution in [3.8, 4) is 11.4 Å². The monoisotopic (exact) mass is 578 g/mol. The van der Waals surface area contributed by atoms with Crippen LogP contribution in [0, 0.1) is 24.0 Å². The summed E-state index contributed by atoms with van der Waals surface area (Å²) in [5.41, 5.74) is 1.40. The summed E-state index contributed by atoms with van der Waals surface area (Å²) in [5, 5.41) is 23.8. The summed E-state index contributed by atoms with van der Waals surface area (Å²) in [6.07, 6.45) is 0. The van der Waals surface area contributed by atoms with Crippen LogP contribution in [0.3, 0.4) is 0 Å². The maximum Gasteiger partial charge on any atom is 0.296 e. The molecule has 13 nitrogen and oxygen atoms in total. The second kappa shape index (κ2) is 10.4. The van der Waals surface area contributed by atoms with Crippen molar-refractivity contribution in [1.82, 2.24) is 29.6 Å². The zero-order valence-electron chi connectivity index (χ0n) is 21.4. The molecule has 0 spiro atoms. The van der Waals surface area contributed by atoms with Gasteiger partial charge in [0.2, 0.25) is 5.16 Å². The van der Waals surface area contributed by atoms with E-state index in [4.69, 9.17) is 0 Å². The highest BCUT2D eigenvalue weighted by Crippen LogP contribution is 2.36. The number of benzene rings is 3. The summed E-state index contributed by atoms with van der Waals surface area (Å²) in [4.78, 5) is 24.2. The number of hydrogen-bond acceptors (Lipinski definition) is 9. The van der Waals surface area contributed by atoms with E-state index in [1.165, 1.54) is 26.2 Å². The Morgan fingerprint density at radius 2 is 1.68 bits per heavy atom. The van der Waals surface area contributed by atoms with Crippen LogP contribution in [0.4, 0.5) is 11.4 Å². The highest BCUT2D eigenvalue weighted by atomic mass is 32.2. The topological polar surface area (TPSA) is 160 Å². The Hall–Kier alpha value is -4.76. The van der Waals surface area contributed by atoms with E-state index >= 15 is 0 Å². The van der Waals surface area contributed by atoms with Crippen molar-refractivity contribution in [1.29, 1.82) is 0 Å². The lowest BCUT2D eigenvalue weighted by atomic mass is 10.2. The fourth-order valence-corrected chi connectivity index (χ4v) is 5.97. The summed E-state index contributed by atoms with van der Waals surface area (Å²) >= 11 is 0.919. The minimum atomic E-state index is -4.37. The van der Waals surface area contributed by atoms with Gasteiger partial charge in [-0.15, -0.1) is 5.10 Å². The van der Waals surface area contributed by atoms with Crippen LogP contribution in [0.25, 0.3) is 11.4 Å². The smallest absolute Gasteiger partial charge is 0.283 e. The minimum absolute atomic E-state index is 0.134. The van der Waals surface area contributed by atoms with Gasteiger partial charge >= 0.3 is 0 Å². The third-order valence-corrected chi connectivity index (χ3v) is 8.50. The Kier molecular flexibility index (Phi) is 6.99. The number of nitro benzene ring substituents is 1. The largest absolute Gasteiger partial charge is 0.296 e. The van der Waals surface area contributed by atoms with Gasteiger partial charge in [-0.1, -0.05) is 35.9 Å². The number of anilines is 1. The molecule has 3 aromatic carbocycles. The number of nitrogens with zero attached hydrogens (tertiary/aromatic N) is 7. The Morgan fingerprint density at radius 3 is 2.35 bits per heavy atom. The Balaban J connectivity index is 1.48. The van der Waals surface area contributed by atoms with Crippen molar-refractivity contribution < 1.29 is 13.3 Å². The summed E-state index contributed by atoms with van der Waals surface area (Å²) in [5.74, 6) is 0. The van der Waals surface area contributed by atoms with Crippen molar-refractivity contribution >= 4 is 33.2 Å². The Morgan fingerprint density at radius 1 is 0.975 bits per heavy atom. The van der Waals surface area contributed by atoms with E-state index in [0.29, 0.717) is 17.1 Å². The van der Waals surface area contributed by atoms with Crippen molar-refractivity contribution in [2.75, 3.05) is 4.72 Å². The van der Waals surface area contributed by atoms with Gasteiger partial charge in [0.1, 0.15) is 5.69 Å². The first-order valence-electron chi connectivity index (χ1n) is 11.8. The molecule has 2 heterocycles. The zero-order chi connectivity index (χ0) is 28.6. The molecule has 0 bridgehead atoms. The first kappa shape index (κ1) is 26.8. The molecule has 40 heavy (non-hydrogen) atoms. The quantitative estimate of drug-likeness (QED) is 0.214. The van der Waals surface area contributed by atoms with Crippen LogP contribution >= 0.6 is 11.8 Å². The van der Waals surface area contributed by atoms with Crippen molar-refractivity contribution in [3.05, 3.63) is 105 Å². The van der Waals surface area contributed by atoms with E-state index in [0.717, 1.165) is 23.4 Å². The number of nitro groups is 1. The maximum atomic E-state index is 13.3. The van der Waals surface area contributed by atoms with Crippen molar-refractivity contribution in [3.63, 3.8) is 0 Å². The molecule has 0 radical (unpaired) electrons. The first-order chi connectivity index (χ1) is 19.1. The highest BCUT2D eigenvalue weighted by molar-refractivity contribution is 7.99. The predicted molar refractivity (Wildman–Crippen MR) is 148 cm³/mol. The molecule has 15 heteroatoms. The van der Waals surface area contributed by atoms with E-state index in [-0.39, 0.29) is 20.6 Å². The van der Waals surface area contributed by atoms with Gasteiger partial charge in [0.15, 0.2) is 0 Å². The predicted octanol–water partition coefficient (Wildman–Crippen LogP) is 3.63. The van der Waals surface area contributed by atoms with Crippen LogP contribution in [0.1, 0.15) is 11.3 Å². The van der Waals surface area contributed by atoms with Gasteiger partial charge < -0.3 is 0 Å². The molecule has 0 aliphatic heterocycles. The van der Waals surface area contributed by atoms with E-state index in [1.54, 1.807) is 44.3 Å². The van der Waals surface area contributed by atoms with Crippen LogP contribution in [0.15, 0.2) is 92.5 Å². The van der Waals surface area contributed by atoms with Gasteiger partial charge in [0.05, 0.1) is 31.8 Å². The van der Waals surface area contributed by atoms with Crippen molar-refractivity contribution in [2.45, 2.75) is 28.8 Å². The number of rotatable bonds is 8. The van der Waals surface area contributed by atoms with Gasteiger partial charge in [0.25, 0.3) is 21.3 Å². The highest BCUT2D eigenvalue weighted by Gasteiger charge is 2.26. The Labute approximate surface area is 232 Å². The molecule has 204 valence electrons. The van der Waals surface area contributed by atoms with Crippen LogP contribution in [0.5, 0.6) is 0 Å². The molecule has 0 amide bonds. The summed E-state index contributed by atoms with van der Waals surface area (Å²) in [6, 6.07) is 19.6. The molecular formula is C25H22N8O5S2. The van der Waals surface area contributed by atoms with E-state index in [9.17, 15) is 23.3 Å². The standard InChI is InChI=1S/C25H22N8O5S2/c1-16-9-11-18(12-10-16)31-25(26-28-29-31)39-22-14-13-20(15-21(22)33(35)36)40(37,38)27-23-17(2)30(3)32(24(23)34)19-7-5-4-6-8-19/h4-15,27H,1-3H3. The van der Waals surface area contributed by atoms with E-state index in [1.807, 2.05) is 31.2 Å². The van der Waals surface area contributed by atoms with Gasteiger partial charge in [-0.3, -0.25) is 24.3 Å². The summed E-state index contributed by atoms with van der Waals surface area (Å²) in [6.45, 7) is 3.53. The van der Waals surface area contributed by atoms with Gasteiger partial charge in [-0.05, 0) is 72.4 Å². The molecule has 2 aromatic heterocycles. The van der Waals surface area contributed by atoms with Gasteiger partial charge in [-0.2, -0.15) is 4.68 Å². The van der Waals surface area contributed by atoms with Crippen LogP contribution in [-0.2, 0) is 17.1 Å². The number of aromatic nitrogens is 6. The first-order valence-corrected chi connectivity index (χ1v) is 14.1. The molecular weight excluding hydrogens is 556 g/mol. The maximum absolute atomic E-state index is 13.3. The SMILES string of the molecule is Cc1ccc(-n2nnnc2Sc2ccc(S(=O)(=O)Nc3c(C)n(C)n(-c4ccccc4)c3=O)cc2[N+](=O)[O-])cc1. The number of hydrogen-bond donors (Lipinski definition) is 1. The summed E-state index contributed by atoms with van der Waals surface area (Å²) < 4.78 is 33.2. The van der Waals surface area contributed by atoms with Gasteiger partial charge in [0, 0.05) is 13.1 Å². The van der Waals surface area contributed by atoms with Crippen LogP contribution in [0.2, 0.25) is 0 Å². The van der Waals surface area contributed by atoms with E-state index in [2.05, 4.69) is 20.2 Å².